The van der Waals surface area contributed by atoms with Crippen molar-refractivity contribution in [3.8, 4) is 0 Å². The van der Waals surface area contributed by atoms with Crippen molar-refractivity contribution < 1.29 is 14.7 Å². The number of carbonyl (C=O) groups is 2. The van der Waals surface area contributed by atoms with Gasteiger partial charge in [0, 0.05) is 12.4 Å². The highest BCUT2D eigenvalue weighted by molar-refractivity contribution is 7.16. The molecule has 0 fully saturated rings. The molecular weight excluding hydrogens is 328 g/mol. The lowest BCUT2D eigenvalue weighted by Gasteiger charge is -2.13. The van der Waals surface area contributed by atoms with Gasteiger partial charge in [0.1, 0.15) is 11.7 Å². The van der Waals surface area contributed by atoms with E-state index in [1.807, 2.05) is 24.3 Å². The number of amides is 1. The second-order valence-corrected chi connectivity index (χ2v) is 6.00. The first-order valence-corrected chi connectivity index (χ1v) is 8.11. The lowest BCUT2D eigenvalue weighted by Crippen LogP contribution is -2.27. The molecule has 0 saturated heterocycles. The van der Waals surface area contributed by atoms with Crippen molar-refractivity contribution in [2.75, 3.05) is 0 Å². The quantitative estimate of drug-likeness (QED) is 0.784. The molecule has 0 spiro atoms. The third-order valence-electron chi connectivity index (χ3n) is 3.50. The van der Waals surface area contributed by atoms with Crippen LogP contribution >= 0.6 is 11.3 Å². The van der Waals surface area contributed by atoms with Crippen molar-refractivity contribution >= 4 is 33.4 Å². The zero-order chi connectivity index (χ0) is 17.1. The predicted octanol–water partition coefficient (Wildman–Crippen LogP) is 2.27. The average Bonchev–Trinajstić information content (AvgIpc) is 2.94. The van der Waals surface area contributed by atoms with Gasteiger partial charge >= 0.3 is 5.97 Å². The second kappa shape index (κ2) is 6.71. The summed E-state index contributed by atoms with van der Waals surface area (Å²) in [6.45, 7) is 1.78. The van der Waals surface area contributed by atoms with E-state index in [9.17, 15) is 14.7 Å². The maximum absolute atomic E-state index is 12.3. The maximum atomic E-state index is 12.3. The van der Waals surface area contributed by atoms with Gasteiger partial charge in [0.2, 0.25) is 0 Å². The standard InChI is InChI=1S/C16H14N4O3S/c1-2-11(15(22)23)20-12-5-3-4-6-13(12)24-16(20)19-14(21)10-9-17-7-8-18-10/h3-9,11H,2H2,1H3,(H,22,23). The van der Waals surface area contributed by atoms with E-state index in [0.29, 0.717) is 11.2 Å². The number of carboxylic acid groups (broad SMARTS) is 1. The van der Waals surface area contributed by atoms with Crippen LogP contribution in [-0.4, -0.2) is 31.5 Å². The highest BCUT2D eigenvalue weighted by Crippen LogP contribution is 2.22. The molecule has 1 unspecified atom stereocenters. The number of aromatic nitrogens is 3. The molecule has 7 nitrogen and oxygen atoms in total. The summed E-state index contributed by atoms with van der Waals surface area (Å²) < 4.78 is 2.46. The Morgan fingerprint density at radius 2 is 2.12 bits per heavy atom. The number of nitrogens with zero attached hydrogens (tertiary/aromatic N) is 4. The largest absolute Gasteiger partial charge is 0.480 e. The predicted molar refractivity (Wildman–Crippen MR) is 88.7 cm³/mol. The molecule has 2 heterocycles. The molecule has 3 rings (SSSR count). The van der Waals surface area contributed by atoms with Crippen molar-refractivity contribution in [3.05, 3.63) is 53.4 Å². The van der Waals surface area contributed by atoms with Crippen LogP contribution in [0.4, 0.5) is 0 Å². The fourth-order valence-electron chi connectivity index (χ4n) is 2.39. The van der Waals surface area contributed by atoms with Crippen LogP contribution in [0.3, 0.4) is 0 Å². The first-order chi connectivity index (χ1) is 11.6. The van der Waals surface area contributed by atoms with Gasteiger partial charge in [-0.2, -0.15) is 4.99 Å². The molecule has 24 heavy (non-hydrogen) atoms. The summed E-state index contributed by atoms with van der Waals surface area (Å²) in [4.78, 5) is 36.1. The van der Waals surface area contributed by atoms with Crippen molar-refractivity contribution in [1.82, 2.24) is 14.5 Å². The van der Waals surface area contributed by atoms with Crippen LogP contribution in [-0.2, 0) is 4.79 Å². The van der Waals surface area contributed by atoms with Crippen molar-refractivity contribution in [1.29, 1.82) is 0 Å². The topological polar surface area (TPSA) is 97.4 Å². The highest BCUT2D eigenvalue weighted by Gasteiger charge is 2.22. The van der Waals surface area contributed by atoms with E-state index >= 15 is 0 Å². The smallest absolute Gasteiger partial charge is 0.326 e. The van der Waals surface area contributed by atoms with Crippen LogP contribution in [0.2, 0.25) is 0 Å². The van der Waals surface area contributed by atoms with E-state index in [1.165, 1.54) is 29.9 Å². The molecule has 2 aromatic heterocycles. The SMILES string of the molecule is CCC(C(=O)O)n1c(=NC(=O)c2cnccn2)sc2ccccc21. The summed E-state index contributed by atoms with van der Waals surface area (Å²) in [5.41, 5.74) is 0.854. The Hall–Kier alpha value is -2.87. The van der Waals surface area contributed by atoms with E-state index in [-0.39, 0.29) is 5.69 Å². The zero-order valence-electron chi connectivity index (χ0n) is 12.8. The number of thiazole rings is 1. The molecule has 1 amide bonds. The minimum atomic E-state index is -0.963. The summed E-state index contributed by atoms with van der Waals surface area (Å²) in [5, 5.41) is 9.51. The Bertz CT molecular complexity index is 962. The number of rotatable bonds is 4. The average molecular weight is 342 g/mol. The Balaban J connectivity index is 2.22. The van der Waals surface area contributed by atoms with E-state index in [0.717, 1.165) is 10.2 Å². The van der Waals surface area contributed by atoms with E-state index in [4.69, 9.17) is 0 Å². The Morgan fingerprint density at radius 3 is 2.79 bits per heavy atom. The molecule has 8 heteroatoms. The number of aliphatic carboxylic acids is 1. The minimum Gasteiger partial charge on any atom is -0.480 e. The molecule has 122 valence electrons. The zero-order valence-corrected chi connectivity index (χ0v) is 13.6. The van der Waals surface area contributed by atoms with Gasteiger partial charge in [0.25, 0.3) is 5.91 Å². The molecular formula is C16H14N4O3S. The van der Waals surface area contributed by atoms with Gasteiger partial charge in [-0.15, -0.1) is 0 Å². The molecule has 1 aromatic carbocycles. The normalized spacial score (nSPS) is 13.1. The molecule has 0 aliphatic carbocycles. The van der Waals surface area contributed by atoms with Crippen molar-refractivity contribution in [3.63, 3.8) is 0 Å². The molecule has 0 saturated carbocycles. The van der Waals surface area contributed by atoms with Crippen molar-refractivity contribution in [2.24, 2.45) is 4.99 Å². The van der Waals surface area contributed by atoms with Crippen LogP contribution in [0.15, 0.2) is 47.8 Å². The Kier molecular flexibility index (Phi) is 4.48. The Labute approximate surface area is 141 Å². The summed E-state index contributed by atoms with van der Waals surface area (Å²) >= 11 is 1.27. The number of hydrogen-bond donors (Lipinski definition) is 1. The van der Waals surface area contributed by atoms with Gasteiger partial charge in [-0.3, -0.25) is 9.78 Å². The van der Waals surface area contributed by atoms with Crippen molar-refractivity contribution in [2.45, 2.75) is 19.4 Å². The number of hydrogen-bond acceptors (Lipinski definition) is 5. The third-order valence-corrected chi connectivity index (χ3v) is 4.53. The molecule has 1 atom stereocenters. The highest BCUT2D eigenvalue weighted by atomic mass is 32.1. The first kappa shape index (κ1) is 16.0. The lowest BCUT2D eigenvalue weighted by atomic mass is 10.2. The van der Waals surface area contributed by atoms with E-state index in [2.05, 4.69) is 15.0 Å². The van der Waals surface area contributed by atoms with Crippen LogP contribution in [0.25, 0.3) is 10.2 Å². The molecule has 0 aliphatic heterocycles. The summed E-state index contributed by atoms with van der Waals surface area (Å²) in [6, 6.07) is 6.59. The van der Waals surface area contributed by atoms with Crippen LogP contribution in [0.5, 0.6) is 0 Å². The van der Waals surface area contributed by atoms with Crippen LogP contribution in [0, 0.1) is 0 Å². The molecule has 0 radical (unpaired) electrons. The number of benzene rings is 1. The van der Waals surface area contributed by atoms with E-state index < -0.39 is 17.9 Å². The summed E-state index contributed by atoms with van der Waals surface area (Å²) in [5.74, 6) is -1.52. The van der Waals surface area contributed by atoms with Crippen LogP contribution in [0.1, 0.15) is 29.9 Å². The molecule has 1 N–H and O–H groups in total. The molecule has 3 aromatic rings. The number of carbonyl (C=O) groups excluding carboxylic acids is 1. The maximum Gasteiger partial charge on any atom is 0.326 e. The third kappa shape index (κ3) is 2.95. The Morgan fingerprint density at radius 1 is 1.33 bits per heavy atom. The monoisotopic (exact) mass is 342 g/mol. The minimum absolute atomic E-state index is 0.116. The molecule has 0 aliphatic rings. The van der Waals surface area contributed by atoms with Crippen LogP contribution < -0.4 is 4.80 Å². The van der Waals surface area contributed by atoms with Gasteiger partial charge in [-0.25, -0.2) is 9.78 Å². The first-order valence-electron chi connectivity index (χ1n) is 7.29. The number of para-hydroxylation sites is 1. The van der Waals surface area contributed by atoms with Gasteiger partial charge in [-0.05, 0) is 18.6 Å². The fraction of sp³-hybridized carbons (Fsp3) is 0.188. The number of carboxylic acids is 1. The summed E-state index contributed by atoms with van der Waals surface area (Å²) in [6.07, 6.45) is 4.59. The fourth-order valence-corrected chi connectivity index (χ4v) is 3.46. The van der Waals surface area contributed by atoms with Gasteiger partial charge in [0.05, 0.1) is 16.4 Å². The molecule has 0 bridgehead atoms. The number of fused-ring (bicyclic) bond motifs is 1. The summed E-state index contributed by atoms with van der Waals surface area (Å²) in [7, 11) is 0. The van der Waals surface area contributed by atoms with Gasteiger partial charge < -0.3 is 9.67 Å². The van der Waals surface area contributed by atoms with Gasteiger partial charge in [0.15, 0.2) is 4.80 Å². The second-order valence-electron chi connectivity index (χ2n) is 4.99. The van der Waals surface area contributed by atoms with E-state index in [1.54, 1.807) is 11.5 Å². The lowest BCUT2D eigenvalue weighted by molar-refractivity contribution is -0.140. The van der Waals surface area contributed by atoms with Gasteiger partial charge in [-0.1, -0.05) is 30.4 Å².